The van der Waals surface area contributed by atoms with Crippen molar-refractivity contribution in [3.8, 4) is 6.07 Å². The van der Waals surface area contributed by atoms with E-state index in [1.807, 2.05) is 48.5 Å². The Labute approximate surface area is 175 Å². The second-order valence-corrected chi connectivity index (χ2v) is 8.05. The summed E-state index contributed by atoms with van der Waals surface area (Å²) in [6, 6.07) is 19.3. The van der Waals surface area contributed by atoms with Gasteiger partial charge in [-0.05, 0) is 23.3 Å². The van der Waals surface area contributed by atoms with Crippen LogP contribution in [0.25, 0.3) is 0 Å². The Morgan fingerprint density at radius 2 is 2.00 bits per heavy atom. The maximum atomic E-state index is 12.8. The Bertz CT molecular complexity index is 969. The van der Waals surface area contributed by atoms with E-state index in [1.165, 1.54) is 18.9 Å². The molecule has 1 N–H and O–H groups in total. The largest absolute Gasteiger partial charge is 0.468 e. The Morgan fingerprint density at radius 3 is 2.64 bits per heavy atom. The second kappa shape index (κ2) is 9.09. The molecule has 0 fully saturated rings. The second-order valence-electron chi connectivity index (χ2n) is 6.15. The molecule has 1 aliphatic heterocycles. The van der Waals surface area contributed by atoms with Crippen molar-refractivity contribution in [1.82, 2.24) is 5.32 Å². The molecule has 5 nitrogen and oxygen atoms in total. The summed E-state index contributed by atoms with van der Waals surface area (Å²) in [7, 11) is 1.24. The molecule has 0 unspecified atom stereocenters. The summed E-state index contributed by atoms with van der Waals surface area (Å²) < 4.78 is 5.65. The van der Waals surface area contributed by atoms with Crippen molar-refractivity contribution in [2.24, 2.45) is 5.92 Å². The molecule has 28 heavy (non-hydrogen) atoms. The number of methoxy groups -OCH3 is 1. The fraction of sp³-hybridized carbons (Fsp3) is 0.190. The molecule has 1 heterocycles. The number of halogens is 1. The molecule has 2 atom stereocenters. The number of hydrogen-bond donors (Lipinski definition) is 1. The number of nitrogens with one attached hydrogen (secondary N) is 1. The first-order valence-electron chi connectivity index (χ1n) is 8.50. The maximum Gasteiger partial charge on any atom is 0.319 e. The van der Waals surface area contributed by atoms with E-state index in [2.05, 4.69) is 27.3 Å². The van der Waals surface area contributed by atoms with E-state index in [0.717, 1.165) is 10.0 Å². The van der Waals surface area contributed by atoms with Crippen LogP contribution in [0.2, 0.25) is 0 Å². The first kappa shape index (κ1) is 20.2. The highest BCUT2D eigenvalue weighted by atomic mass is 79.9. The van der Waals surface area contributed by atoms with Gasteiger partial charge in [-0.2, -0.15) is 5.26 Å². The molecular formula is C21H17BrN2O3S. The summed E-state index contributed by atoms with van der Waals surface area (Å²) in [4.78, 5) is 25.1. The molecule has 0 aliphatic carbocycles. The lowest BCUT2D eigenvalue weighted by Gasteiger charge is -2.31. The maximum absolute atomic E-state index is 12.8. The summed E-state index contributed by atoms with van der Waals surface area (Å²) >= 11 is 4.79. The lowest BCUT2D eigenvalue weighted by Crippen LogP contribution is -2.44. The summed E-state index contributed by atoms with van der Waals surface area (Å²) in [6.45, 7) is 0. The van der Waals surface area contributed by atoms with Crippen molar-refractivity contribution in [1.29, 1.82) is 5.26 Å². The van der Waals surface area contributed by atoms with Crippen LogP contribution in [0, 0.1) is 17.2 Å². The van der Waals surface area contributed by atoms with Gasteiger partial charge in [0, 0.05) is 16.1 Å². The molecule has 2 aromatic carbocycles. The summed E-state index contributed by atoms with van der Waals surface area (Å²) in [5.41, 5.74) is 2.13. The van der Waals surface area contributed by atoms with Crippen LogP contribution in [0.1, 0.15) is 17.0 Å². The SMILES string of the molecule is COC(=O)[C@H]1C(=O)NC(SCc2ccccc2)=C(C#N)[C@@H]1c1cccc(Br)c1. The summed E-state index contributed by atoms with van der Waals surface area (Å²) in [6.07, 6.45) is 0. The molecule has 3 rings (SSSR count). The zero-order chi connectivity index (χ0) is 20.1. The fourth-order valence-corrected chi connectivity index (χ4v) is 4.53. The van der Waals surface area contributed by atoms with Gasteiger partial charge in [0.2, 0.25) is 5.91 Å². The van der Waals surface area contributed by atoms with Gasteiger partial charge in [-0.15, -0.1) is 11.8 Å². The Kier molecular flexibility index (Phi) is 6.55. The van der Waals surface area contributed by atoms with Crippen molar-refractivity contribution in [3.63, 3.8) is 0 Å². The standard InChI is InChI=1S/C21H17BrN2O3S/c1-27-21(26)18-17(14-8-5-9-15(22)10-14)16(11-23)20(24-19(18)25)28-12-13-6-3-2-4-7-13/h2-10,17-18H,12H2,1H3,(H,24,25)/t17-,18+/m0/s1. The number of benzene rings is 2. The number of carbonyl (C=O) groups is 2. The topological polar surface area (TPSA) is 79.2 Å². The number of carbonyl (C=O) groups excluding carboxylic acids is 2. The van der Waals surface area contributed by atoms with E-state index in [-0.39, 0.29) is 0 Å². The number of hydrogen-bond acceptors (Lipinski definition) is 5. The summed E-state index contributed by atoms with van der Waals surface area (Å²) in [5, 5.41) is 13.1. The fourth-order valence-electron chi connectivity index (χ4n) is 3.11. The monoisotopic (exact) mass is 456 g/mol. The summed E-state index contributed by atoms with van der Waals surface area (Å²) in [5.74, 6) is -2.36. The van der Waals surface area contributed by atoms with E-state index in [1.54, 1.807) is 6.07 Å². The minimum atomic E-state index is -1.12. The normalized spacial score (nSPS) is 19.0. The van der Waals surface area contributed by atoms with Crippen molar-refractivity contribution < 1.29 is 14.3 Å². The van der Waals surface area contributed by atoms with Gasteiger partial charge in [-0.25, -0.2) is 0 Å². The minimum absolute atomic E-state index is 0.356. The van der Waals surface area contributed by atoms with Crippen molar-refractivity contribution in [3.05, 3.63) is 80.8 Å². The third kappa shape index (κ3) is 4.29. The third-order valence-electron chi connectivity index (χ3n) is 4.42. The van der Waals surface area contributed by atoms with Crippen LogP contribution < -0.4 is 5.32 Å². The first-order chi connectivity index (χ1) is 13.5. The van der Waals surface area contributed by atoms with Crippen LogP contribution in [-0.2, 0) is 20.1 Å². The molecular weight excluding hydrogens is 440 g/mol. The first-order valence-corrected chi connectivity index (χ1v) is 10.3. The van der Waals surface area contributed by atoms with Crippen LogP contribution >= 0.6 is 27.7 Å². The van der Waals surface area contributed by atoms with E-state index in [0.29, 0.717) is 21.9 Å². The molecule has 1 amide bonds. The lowest BCUT2D eigenvalue weighted by atomic mass is 9.78. The quantitative estimate of drug-likeness (QED) is 0.540. The molecule has 1 aliphatic rings. The van der Waals surface area contributed by atoms with E-state index in [9.17, 15) is 14.9 Å². The van der Waals surface area contributed by atoms with Gasteiger partial charge in [0.1, 0.15) is 5.92 Å². The van der Waals surface area contributed by atoms with Crippen LogP contribution in [0.15, 0.2) is 69.7 Å². The Balaban J connectivity index is 2.04. The smallest absolute Gasteiger partial charge is 0.319 e. The highest BCUT2D eigenvalue weighted by molar-refractivity contribution is 9.10. The highest BCUT2D eigenvalue weighted by Gasteiger charge is 2.44. The predicted octanol–water partition coefficient (Wildman–Crippen LogP) is 4.12. The minimum Gasteiger partial charge on any atom is -0.468 e. The number of esters is 1. The molecule has 0 radical (unpaired) electrons. The van der Waals surface area contributed by atoms with Gasteiger partial charge in [0.15, 0.2) is 0 Å². The van der Waals surface area contributed by atoms with Gasteiger partial charge in [-0.1, -0.05) is 58.4 Å². The predicted molar refractivity (Wildman–Crippen MR) is 111 cm³/mol. The van der Waals surface area contributed by atoms with Crippen molar-refractivity contribution in [2.45, 2.75) is 11.7 Å². The number of nitriles is 1. The van der Waals surface area contributed by atoms with Crippen LogP contribution in [0.3, 0.4) is 0 Å². The number of rotatable bonds is 5. The highest BCUT2D eigenvalue weighted by Crippen LogP contribution is 2.41. The lowest BCUT2D eigenvalue weighted by molar-refractivity contribution is -0.150. The van der Waals surface area contributed by atoms with Crippen LogP contribution in [0.5, 0.6) is 0 Å². The molecule has 142 valence electrons. The van der Waals surface area contributed by atoms with E-state index in [4.69, 9.17) is 4.74 Å². The number of thioether (sulfide) groups is 1. The van der Waals surface area contributed by atoms with Gasteiger partial charge < -0.3 is 10.1 Å². The van der Waals surface area contributed by atoms with E-state index >= 15 is 0 Å². The number of ether oxygens (including phenoxy) is 1. The van der Waals surface area contributed by atoms with Crippen LogP contribution in [-0.4, -0.2) is 19.0 Å². The number of allylic oxidation sites excluding steroid dienone is 1. The van der Waals surface area contributed by atoms with Gasteiger partial charge in [-0.3, -0.25) is 9.59 Å². The Morgan fingerprint density at radius 1 is 1.25 bits per heavy atom. The molecule has 0 saturated carbocycles. The van der Waals surface area contributed by atoms with Crippen molar-refractivity contribution >= 4 is 39.6 Å². The Hall–Kier alpha value is -2.56. The molecule has 7 heteroatoms. The molecule has 0 spiro atoms. The molecule has 0 saturated heterocycles. The van der Waals surface area contributed by atoms with Crippen molar-refractivity contribution in [2.75, 3.05) is 7.11 Å². The molecule has 0 bridgehead atoms. The third-order valence-corrected chi connectivity index (χ3v) is 6.00. The number of nitrogens with zero attached hydrogens (tertiary/aromatic N) is 1. The molecule has 0 aromatic heterocycles. The number of amides is 1. The van der Waals surface area contributed by atoms with Gasteiger partial charge >= 0.3 is 5.97 Å². The average molecular weight is 457 g/mol. The van der Waals surface area contributed by atoms with E-state index < -0.39 is 23.7 Å². The van der Waals surface area contributed by atoms with Gasteiger partial charge in [0.25, 0.3) is 0 Å². The zero-order valence-corrected chi connectivity index (χ0v) is 17.4. The van der Waals surface area contributed by atoms with Gasteiger partial charge in [0.05, 0.1) is 23.8 Å². The van der Waals surface area contributed by atoms with Crippen LogP contribution in [0.4, 0.5) is 0 Å². The molecule has 2 aromatic rings. The average Bonchev–Trinajstić information content (AvgIpc) is 2.71. The zero-order valence-electron chi connectivity index (χ0n) is 15.0.